The van der Waals surface area contributed by atoms with Crippen molar-refractivity contribution in [2.24, 2.45) is 10.7 Å². The topological polar surface area (TPSA) is 124 Å². The molecule has 0 fully saturated rings. The van der Waals surface area contributed by atoms with Crippen LogP contribution in [-0.2, 0) is 15.6 Å². The van der Waals surface area contributed by atoms with E-state index in [4.69, 9.17) is 21.8 Å². The number of hydrogen-bond acceptors (Lipinski definition) is 9. The highest BCUT2D eigenvalue weighted by atomic mass is 35.5. The molecule has 1 aliphatic rings. The van der Waals surface area contributed by atoms with E-state index >= 15 is 0 Å². The number of nitrogens with two attached hydrogens (primary N) is 1. The summed E-state index contributed by atoms with van der Waals surface area (Å²) in [6.45, 7) is -1.29. The Morgan fingerprint density at radius 3 is 2.56 bits per heavy atom. The average molecular weight is 504 g/mol. The first-order chi connectivity index (χ1) is 15.0. The third kappa shape index (κ3) is 4.14. The van der Waals surface area contributed by atoms with Crippen LogP contribution in [0.2, 0.25) is 5.02 Å². The van der Waals surface area contributed by atoms with Gasteiger partial charge in [0.05, 0.1) is 20.5 Å². The monoisotopic (exact) mass is 503 g/mol. The predicted molar refractivity (Wildman–Crippen MR) is 115 cm³/mol. The molecule has 0 amide bonds. The number of aromatic nitrogens is 2. The number of hydrogen-bond donors (Lipinski definition) is 1. The molecule has 3 heterocycles. The quantitative estimate of drug-likeness (QED) is 0.564. The average Bonchev–Trinajstić information content (AvgIpc) is 3.33. The molecule has 1 aliphatic heterocycles. The summed E-state index contributed by atoms with van der Waals surface area (Å²) in [6.07, 6.45) is 0. The molecular formula is C18H16ClF2N5O4S2. The van der Waals surface area contributed by atoms with Gasteiger partial charge in [0.15, 0.2) is 0 Å². The van der Waals surface area contributed by atoms with Crippen molar-refractivity contribution in [3.8, 4) is 28.0 Å². The van der Waals surface area contributed by atoms with Gasteiger partial charge in [-0.1, -0.05) is 11.6 Å². The Balaban J connectivity index is 1.64. The fraction of sp³-hybridized carbons (Fsp3) is 0.278. The second-order valence-corrected chi connectivity index (χ2v) is 10.5. The molecule has 1 atom stereocenters. The van der Waals surface area contributed by atoms with E-state index in [0.29, 0.717) is 15.3 Å². The normalized spacial score (nSPS) is 20.4. The summed E-state index contributed by atoms with van der Waals surface area (Å²) in [5.41, 5.74) is 5.12. The first-order valence-electron chi connectivity index (χ1n) is 8.99. The minimum atomic E-state index is -3.66. The molecule has 0 saturated heterocycles. The van der Waals surface area contributed by atoms with Gasteiger partial charge in [0, 0.05) is 12.6 Å². The Kier molecular flexibility index (Phi) is 5.59. The SMILES string of the molecule is CN1C(N)=N[C@](C)(c2sc(-c3nnc(-c4ccc(OC(F)F)cc4)o3)cc2Cl)CS1(=O)=O. The van der Waals surface area contributed by atoms with Crippen LogP contribution in [0.1, 0.15) is 11.8 Å². The largest absolute Gasteiger partial charge is 0.435 e. The summed E-state index contributed by atoms with van der Waals surface area (Å²) in [5, 5.41) is 8.27. The summed E-state index contributed by atoms with van der Waals surface area (Å²) < 4.78 is 60.4. The van der Waals surface area contributed by atoms with Gasteiger partial charge in [-0.25, -0.2) is 17.7 Å². The molecule has 0 spiro atoms. The van der Waals surface area contributed by atoms with Crippen LogP contribution in [0.25, 0.3) is 22.2 Å². The van der Waals surface area contributed by atoms with Crippen molar-refractivity contribution in [1.29, 1.82) is 0 Å². The third-order valence-electron chi connectivity index (χ3n) is 4.70. The minimum Gasteiger partial charge on any atom is -0.435 e. The lowest BCUT2D eigenvalue weighted by Crippen LogP contribution is -2.50. The van der Waals surface area contributed by atoms with Crippen LogP contribution in [0.3, 0.4) is 0 Å². The zero-order valence-corrected chi connectivity index (χ0v) is 19.0. The Labute approximate surface area is 190 Å². The van der Waals surface area contributed by atoms with E-state index in [9.17, 15) is 17.2 Å². The van der Waals surface area contributed by atoms with Crippen LogP contribution < -0.4 is 10.5 Å². The Hall–Kier alpha value is -2.77. The van der Waals surface area contributed by atoms with Gasteiger partial charge in [-0.15, -0.1) is 21.5 Å². The van der Waals surface area contributed by atoms with E-state index in [-0.39, 0.29) is 34.3 Å². The highest BCUT2D eigenvalue weighted by Gasteiger charge is 2.42. The maximum Gasteiger partial charge on any atom is 0.387 e. The fourth-order valence-corrected chi connectivity index (χ4v) is 6.21. The molecule has 1 aromatic carbocycles. The molecule has 170 valence electrons. The molecule has 9 nitrogen and oxygen atoms in total. The highest BCUT2D eigenvalue weighted by Crippen LogP contribution is 2.44. The van der Waals surface area contributed by atoms with Crippen molar-refractivity contribution >= 4 is 38.9 Å². The number of aliphatic imine (C=N–C) groups is 1. The molecule has 2 N–H and O–H groups in total. The Bertz CT molecular complexity index is 1290. The van der Waals surface area contributed by atoms with E-state index in [1.165, 1.54) is 31.3 Å². The second-order valence-electron chi connectivity index (χ2n) is 7.07. The van der Waals surface area contributed by atoms with Crippen molar-refractivity contribution in [1.82, 2.24) is 14.5 Å². The van der Waals surface area contributed by atoms with E-state index in [1.54, 1.807) is 13.0 Å². The van der Waals surface area contributed by atoms with Crippen LogP contribution in [0, 0.1) is 0 Å². The zero-order chi connectivity index (χ0) is 23.3. The molecule has 0 radical (unpaired) electrons. The van der Waals surface area contributed by atoms with Gasteiger partial charge >= 0.3 is 6.61 Å². The number of sulfonamides is 1. The molecule has 2 aromatic heterocycles. The van der Waals surface area contributed by atoms with E-state index in [2.05, 4.69) is 19.9 Å². The molecule has 0 unspecified atom stereocenters. The number of alkyl halides is 2. The molecular weight excluding hydrogens is 488 g/mol. The maximum absolute atomic E-state index is 12.4. The molecule has 0 aliphatic carbocycles. The van der Waals surface area contributed by atoms with Crippen molar-refractivity contribution in [2.75, 3.05) is 12.8 Å². The van der Waals surface area contributed by atoms with Gasteiger partial charge in [-0.2, -0.15) is 8.78 Å². The summed E-state index contributed by atoms with van der Waals surface area (Å²) >= 11 is 7.57. The van der Waals surface area contributed by atoms with Crippen molar-refractivity contribution in [3.63, 3.8) is 0 Å². The third-order valence-corrected chi connectivity index (χ3v) is 8.44. The first kappa shape index (κ1) is 22.4. The van der Waals surface area contributed by atoms with Crippen LogP contribution in [0.15, 0.2) is 39.7 Å². The number of nitrogens with zero attached hydrogens (tertiary/aromatic N) is 4. The van der Waals surface area contributed by atoms with E-state index in [1.807, 2.05) is 0 Å². The van der Waals surface area contributed by atoms with Gasteiger partial charge in [-0.05, 0) is 37.3 Å². The number of rotatable bonds is 5. The fourth-order valence-electron chi connectivity index (χ4n) is 3.13. The van der Waals surface area contributed by atoms with Gasteiger partial charge in [0.1, 0.15) is 11.3 Å². The second kappa shape index (κ2) is 7.98. The lowest BCUT2D eigenvalue weighted by atomic mass is 10.0. The lowest BCUT2D eigenvalue weighted by Gasteiger charge is -2.33. The number of thiophene rings is 1. The molecule has 14 heteroatoms. The van der Waals surface area contributed by atoms with Gasteiger partial charge in [0.2, 0.25) is 21.9 Å². The van der Waals surface area contributed by atoms with Crippen molar-refractivity contribution < 1.29 is 26.4 Å². The lowest BCUT2D eigenvalue weighted by molar-refractivity contribution is -0.0498. The molecule has 3 aromatic rings. The van der Waals surface area contributed by atoms with Crippen LogP contribution in [0.4, 0.5) is 8.78 Å². The highest BCUT2D eigenvalue weighted by molar-refractivity contribution is 7.89. The predicted octanol–water partition coefficient (Wildman–Crippen LogP) is 3.53. The zero-order valence-electron chi connectivity index (χ0n) is 16.6. The van der Waals surface area contributed by atoms with E-state index in [0.717, 1.165) is 15.6 Å². The molecule has 32 heavy (non-hydrogen) atoms. The summed E-state index contributed by atoms with van der Waals surface area (Å²) in [6, 6.07) is 7.30. The van der Waals surface area contributed by atoms with Crippen LogP contribution in [0.5, 0.6) is 5.75 Å². The Morgan fingerprint density at radius 2 is 1.94 bits per heavy atom. The van der Waals surface area contributed by atoms with Crippen LogP contribution in [-0.4, -0.2) is 48.3 Å². The summed E-state index contributed by atoms with van der Waals surface area (Å²) in [4.78, 5) is 5.34. The van der Waals surface area contributed by atoms with Crippen molar-refractivity contribution in [3.05, 3.63) is 40.2 Å². The molecule has 0 bridgehead atoms. The van der Waals surface area contributed by atoms with Crippen molar-refractivity contribution in [2.45, 2.75) is 19.1 Å². The minimum absolute atomic E-state index is 0.000630. The Morgan fingerprint density at radius 1 is 1.28 bits per heavy atom. The van der Waals surface area contributed by atoms with E-state index < -0.39 is 22.2 Å². The summed E-state index contributed by atoms with van der Waals surface area (Å²) in [5.74, 6) is -0.130. The molecule has 4 rings (SSSR count). The number of ether oxygens (including phenoxy) is 1. The summed E-state index contributed by atoms with van der Waals surface area (Å²) in [7, 11) is -2.33. The number of benzene rings is 1. The number of guanidine groups is 1. The first-order valence-corrected chi connectivity index (χ1v) is 11.8. The molecule has 0 saturated carbocycles. The smallest absolute Gasteiger partial charge is 0.387 e. The maximum atomic E-state index is 12.4. The van der Waals surface area contributed by atoms with Gasteiger partial charge in [0.25, 0.3) is 5.89 Å². The standard InChI is InChI=1S/C18H16ClF2N5O4S2/c1-18(8-32(27,28)26(2)17(22)23-18)13-11(19)7-12(31-13)15-25-24-14(30-15)9-3-5-10(6-4-9)29-16(20)21/h3-7,16H,8H2,1-2H3,(H2,22,23)/t18-/m0/s1. The van der Waals surface area contributed by atoms with Gasteiger partial charge in [-0.3, -0.25) is 0 Å². The van der Waals surface area contributed by atoms with Crippen LogP contribution >= 0.6 is 22.9 Å². The number of halogens is 3. The van der Waals surface area contributed by atoms with Gasteiger partial charge < -0.3 is 14.9 Å².